The molecule has 3 N–H and O–H groups in total. The van der Waals surface area contributed by atoms with Crippen molar-refractivity contribution in [2.75, 3.05) is 32.8 Å². The summed E-state index contributed by atoms with van der Waals surface area (Å²) in [5.41, 5.74) is 8.30. The number of hydrogen-bond donors (Lipinski definition) is 2. The van der Waals surface area contributed by atoms with Gasteiger partial charge in [-0.05, 0) is 98.9 Å². The van der Waals surface area contributed by atoms with E-state index in [1.54, 1.807) is 44.8 Å². The molecule has 15 nitrogen and oxygen atoms in total. The maximum absolute atomic E-state index is 13.5. The molecule has 0 spiro atoms. The van der Waals surface area contributed by atoms with Crippen molar-refractivity contribution in [3.05, 3.63) is 144 Å². The van der Waals surface area contributed by atoms with Gasteiger partial charge in [-0.2, -0.15) is 0 Å². The van der Waals surface area contributed by atoms with Gasteiger partial charge in [-0.25, -0.2) is 19.6 Å². The Bertz CT molecular complexity index is 2670. The number of nitrogens with two attached hydrogens (primary N) is 1. The maximum atomic E-state index is 13.5. The minimum absolute atomic E-state index is 0.0273. The number of anilines is 1. The van der Waals surface area contributed by atoms with Crippen molar-refractivity contribution in [2.24, 2.45) is 5.73 Å². The number of methoxy groups -OCH3 is 2. The van der Waals surface area contributed by atoms with Crippen LogP contribution in [-0.4, -0.2) is 96.2 Å². The first-order valence-electron chi connectivity index (χ1n) is 23.9. The fourth-order valence-corrected chi connectivity index (χ4v) is 11.6. The number of rotatable bonds is 21. The predicted molar refractivity (Wildman–Crippen MR) is 280 cm³/mol. The third-order valence-electron chi connectivity index (χ3n) is 13.1. The molecule has 1 unspecified atom stereocenters. The molecule has 4 aromatic carbocycles. The van der Waals surface area contributed by atoms with E-state index < -0.39 is 47.0 Å². The van der Waals surface area contributed by atoms with Crippen LogP contribution in [0.2, 0.25) is 18.1 Å². The fourth-order valence-electron chi connectivity index (χ4n) is 8.49. The third kappa shape index (κ3) is 11.8. The molecular formula is C54H68N7O8PSi. The molecule has 0 aliphatic carbocycles. The standard InChI is InChI=1S/C54H68N7O8PSi/c1-37(2)61(38(3)4)70(66-33-19-18-32-55)68-48-47(69-71(10,11)53(5,6)7)45(67-52(48)60-36-58-46-49(56-35-57-50(46)60)59-51(62)39-20-14-12-15-21-39)34-65-54(40-22-16-13-17-23-40,41-24-28-43(63-8)29-25-41)42-26-30-44(64-9)31-27-42/h12-17,20-31,35-38,45,47-48,52H,19,33-34,55H2,1-11H3,(H,56,57,59,62)/t45-,47-,48-,52-,70?/m1/s1. The molecule has 1 saturated heterocycles. The van der Waals surface area contributed by atoms with Gasteiger partial charge in [0.15, 0.2) is 31.5 Å². The van der Waals surface area contributed by atoms with Crippen molar-refractivity contribution in [2.45, 2.75) is 115 Å². The first-order valence-corrected chi connectivity index (χ1v) is 28.0. The largest absolute Gasteiger partial charge is 0.497 e. The lowest BCUT2D eigenvalue weighted by atomic mass is 9.80. The number of carbonyl (C=O) groups excluding carboxylic acids is 1. The molecule has 1 aliphatic rings. The minimum atomic E-state index is -2.65. The Balaban J connectivity index is 1.41. The molecule has 6 aromatic rings. The van der Waals surface area contributed by atoms with Crippen LogP contribution in [0.5, 0.6) is 11.5 Å². The summed E-state index contributed by atoms with van der Waals surface area (Å²) >= 11 is 0. The lowest BCUT2D eigenvalue weighted by molar-refractivity contribution is -0.0928. The normalized spacial score (nSPS) is 17.9. The van der Waals surface area contributed by atoms with E-state index in [9.17, 15) is 4.79 Å². The highest BCUT2D eigenvalue weighted by Gasteiger charge is 2.54. The van der Waals surface area contributed by atoms with Crippen LogP contribution in [0.1, 0.15) is 88.2 Å². The second-order valence-corrected chi connectivity index (χ2v) is 25.5. The van der Waals surface area contributed by atoms with E-state index >= 15 is 0 Å². The van der Waals surface area contributed by atoms with Crippen molar-refractivity contribution in [1.82, 2.24) is 24.2 Å². The number of imidazole rings is 1. The Morgan fingerprint density at radius 2 is 1.41 bits per heavy atom. The quantitative estimate of drug-likeness (QED) is 0.0175. The second-order valence-electron chi connectivity index (χ2n) is 19.4. The SMILES string of the molecule is COc1ccc(C(OC[C@H]2O[C@@H](n3cnc4c(NC(=O)c5ccccc5)ncnc43)[C@H](OP(OCCC#CN)N(C(C)C)C(C)C)[C@@H]2O[Si](C)(C)C(C)(C)C)(c2ccccc2)c2ccc(OC)cc2)cc1. The van der Waals surface area contributed by atoms with Crippen molar-refractivity contribution in [3.8, 4) is 23.5 Å². The minimum Gasteiger partial charge on any atom is -0.497 e. The number of carbonyl (C=O) groups is 1. The van der Waals surface area contributed by atoms with Gasteiger partial charge in [0.2, 0.25) is 0 Å². The number of aromatic nitrogens is 4. The molecule has 0 saturated carbocycles. The summed E-state index contributed by atoms with van der Waals surface area (Å²) in [7, 11) is -1.14. The van der Waals surface area contributed by atoms with E-state index in [1.807, 2.05) is 77.4 Å². The summed E-state index contributed by atoms with van der Waals surface area (Å²) in [6.07, 6.45) is 0.262. The van der Waals surface area contributed by atoms with Gasteiger partial charge in [0.05, 0.1) is 33.8 Å². The summed E-state index contributed by atoms with van der Waals surface area (Å²) in [6.45, 7) is 19.9. The molecule has 376 valence electrons. The van der Waals surface area contributed by atoms with Gasteiger partial charge in [-0.15, -0.1) is 0 Å². The molecule has 1 amide bonds. The van der Waals surface area contributed by atoms with Gasteiger partial charge in [-0.3, -0.25) is 9.36 Å². The monoisotopic (exact) mass is 1000 g/mol. The number of ether oxygens (including phenoxy) is 4. The molecule has 2 aromatic heterocycles. The van der Waals surface area contributed by atoms with Gasteiger partial charge >= 0.3 is 0 Å². The van der Waals surface area contributed by atoms with Gasteiger partial charge < -0.3 is 43.5 Å². The van der Waals surface area contributed by atoms with Crippen molar-refractivity contribution < 1.29 is 37.2 Å². The number of nitrogens with one attached hydrogen (secondary N) is 1. The molecule has 1 aliphatic heterocycles. The van der Waals surface area contributed by atoms with Crippen LogP contribution in [0, 0.1) is 12.0 Å². The van der Waals surface area contributed by atoms with Crippen LogP contribution >= 0.6 is 8.53 Å². The van der Waals surface area contributed by atoms with Gasteiger partial charge in [-0.1, -0.05) is 99.5 Å². The van der Waals surface area contributed by atoms with Crippen LogP contribution in [-0.2, 0) is 28.5 Å². The third-order valence-corrected chi connectivity index (χ3v) is 19.7. The van der Waals surface area contributed by atoms with E-state index in [4.69, 9.17) is 48.1 Å². The second kappa shape index (κ2) is 23.2. The van der Waals surface area contributed by atoms with Crippen molar-refractivity contribution in [3.63, 3.8) is 0 Å². The summed E-state index contributed by atoms with van der Waals surface area (Å²) in [5, 5.41) is 2.73. The summed E-state index contributed by atoms with van der Waals surface area (Å²) in [6, 6.07) is 37.5. The topological polar surface area (TPSA) is 167 Å². The van der Waals surface area contributed by atoms with Gasteiger partial charge in [0.1, 0.15) is 41.7 Å². The Morgan fingerprint density at radius 3 is 1.96 bits per heavy atom. The van der Waals surface area contributed by atoms with Crippen molar-refractivity contribution >= 4 is 39.7 Å². The van der Waals surface area contributed by atoms with Crippen molar-refractivity contribution in [1.29, 1.82) is 0 Å². The summed E-state index contributed by atoms with van der Waals surface area (Å²) < 4.78 is 52.1. The van der Waals surface area contributed by atoms with Gasteiger partial charge in [0.25, 0.3) is 14.4 Å². The zero-order valence-electron chi connectivity index (χ0n) is 42.7. The van der Waals surface area contributed by atoms with E-state index in [0.717, 1.165) is 16.7 Å². The number of amides is 1. The van der Waals surface area contributed by atoms with Gasteiger partial charge in [0, 0.05) is 30.1 Å². The number of nitrogens with zero attached hydrogens (tertiary/aromatic N) is 5. The highest BCUT2D eigenvalue weighted by molar-refractivity contribution is 7.44. The molecule has 3 heterocycles. The Labute approximate surface area is 420 Å². The fraction of sp³-hybridized carbons (Fsp3) is 0.407. The van der Waals surface area contributed by atoms with Crippen LogP contribution in [0.3, 0.4) is 0 Å². The molecular weight excluding hydrogens is 934 g/mol. The number of benzene rings is 4. The van der Waals surface area contributed by atoms with Crippen LogP contribution in [0.4, 0.5) is 5.82 Å². The van der Waals surface area contributed by atoms with E-state index in [1.165, 1.54) is 6.33 Å². The Hall–Kier alpha value is -5.73. The lowest BCUT2D eigenvalue weighted by Gasteiger charge is -2.43. The molecule has 1 fully saturated rings. The lowest BCUT2D eigenvalue weighted by Crippen LogP contribution is -2.51. The predicted octanol–water partition coefficient (Wildman–Crippen LogP) is 10.4. The smallest absolute Gasteiger partial charge is 0.259 e. The maximum Gasteiger partial charge on any atom is 0.259 e. The van der Waals surface area contributed by atoms with E-state index in [2.05, 4.69) is 101 Å². The molecule has 0 bridgehead atoms. The highest BCUT2D eigenvalue weighted by atomic mass is 31.2. The zero-order valence-corrected chi connectivity index (χ0v) is 44.6. The zero-order chi connectivity index (χ0) is 50.9. The molecule has 7 rings (SSSR count). The molecule has 5 atom stereocenters. The van der Waals surface area contributed by atoms with E-state index in [0.29, 0.717) is 34.6 Å². The average molecular weight is 1000 g/mol. The Kier molecular flexibility index (Phi) is 17.4. The van der Waals surface area contributed by atoms with Crippen LogP contribution in [0.25, 0.3) is 11.2 Å². The van der Waals surface area contributed by atoms with Crippen LogP contribution < -0.4 is 20.5 Å². The average Bonchev–Trinajstić information content (AvgIpc) is 3.94. The Morgan fingerprint density at radius 1 is 0.831 bits per heavy atom. The van der Waals surface area contributed by atoms with E-state index in [-0.39, 0.29) is 42.1 Å². The molecule has 0 radical (unpaired) electrons. The summed E-state index contributed by atoms with van der Waals surface area (Å²) in [4.78, 5) is 27.5. The first-order chi connectivity index (χ1) is 34.0. The number of hydrogen-bond acceptors (Lipinski definition) is 13. The van der Waals surface area contributed by atoms with Crippen LogP contribution in [0.15, 0.2) is 122 Å². The highest BCUT2D eigenvalue weighted by Crippen LogP contribution is 2.53. The molecule has 71 heavy (non-hydrogen) atoms. The first kappa shape index (κ1) is 53.1. The molecule has 17 heteroatoms. The number of fused-ring (bicyclic) bond motifs is 1. The summed E-state index contributed by atoms with van der Waals surface area (Å²) in [5.74, 6) is 4.26.